The van der Waals surface area contributed by atoms with E-state index in [9.17, 15) is 4.79 Å². The zero-order valence-corrected chi connectivity index (χ0v) is 11.1. The van der Waals surface area contributed by atoms with Crippen LogP contribution in [0.4, 0.5) is 11.4 Å². The Morgan fingerprint density at radius 2 is 2.21 bits per heavy atom. The first-order valence-electron chi connectivity index (χ1n) is 6.50. The quantitative estimate of drug-likeness (QED) is 0.641. The maximum atomic E-state index is 11.5. The van der Waals surface area contributed by atoms with Crippen molar-refractivity contribution in [2.45, 2.75) is 12.8 Å². The molecule has 0 amide bonds. The lowest BCUT2D eigenvalue weighted by atomic mass is 10.0. The van der Waals surface area contributed by atoms with Crippen molar-refractivity contribution in [1.29, 1.82) is 0 Å². The van der Waals surface area contributed by atoms with Crippen LogP contribution in [0.3, 0.4) is 0 Å². The third-order valence-corrected chi connectivity index (χ3v) is 3.40. The molecule has 0 spiro atoms. The minimum Gasteiger partial charge on any atom is -0.465 e. The van der Waals surface area contributed by atoms with Gasteiger partial charge in [-0.2, -0.15) is 0 Å². The van der Waals surface area contributed by atoms with Gasteiger partial charge >= 0.3 is 5.97 Å². The Bertz CT molecular complexity index is 442. The standard InChI is InChI=1S/C14H20N2O3/c1-18-14(17)11-2-3-12(15)13(8-11)16-9-10-4-6-19-7-5-10/h2-3,8,10,16H,4-7,9,15H2,1H3. The van der Waals surface area contributed by atoms with Crippen LogP contribution < -0.4 is 11.1 Å². The summed E-state index contributed by atoms with van der Waals surface area (Å²) in [6.07, 6.45) is 2.12. The van der Waals surface area contributed by atoms with Crippen molar-refractivity contribution in [3.05, 3.63) is 23.8 Å². The molecule has 0 unspecified atom stereocenters. The number of ether oxygens (including phenoxy) is 2. The number of carbonyl (C=O) groups is 1. The first kappa shape index (κ1) is 13.7. The molecule has 0 atom stereocenters. The predicted octanol–water partition coefficient (Wildman–Crippen LogP) is 1.89. The summed E-state index contributed by atoms with van der Waals surface area (Å²) in [4.78, 5) is 11.5. The Balaban J connectivity index is 2.00. The number of anilines is 2. The molecule has 1 heterocycles. The summed E-state index contributed by atoms with van der Waals surface area (Å²) >= 11 is 0. The van der Waals surface area contributed by atoms with Gasteiger partial charge in [0.1, 0.15) is 0 Å². The molecule has 104 valence electrons. The smallest absolute Gasteiger partial charge is 0.337 e. The lowest BCUT2D eigenvalue weighted by Crippen LogP contribution is -2.23. The molecule has 1 aromatic rings. The highest BCUT2D eigenvalue weighted by Crippen LogP contribution is 2.22. The van der Waals surface area contributed by atoms with Crippen LogP contribution in [0.25, 0.3) is 0 Å². The SMILES string of the molecule is COC(=O)c1ccc(N)c(NCC2CCOCC2)c1. The van der Waals surface area contributed by atoms with E-state index in [1.54, 1.807) is 18.2 Å². The average Bonchev–Trinajstić information content (AvgIpc) is 2.46. The monoisotopic (exact) mass is 264 g/mol. The van der Waals surface area contributed by atoms with E-state index in [-0.39, 0.29) is 5.97 Å². The minimum absolute atomic E-state index is 0.353. The topological polar surface area (TPSA) is 73.6 Å². The fraction of sp³-hybridized carbons (Fsp3) is 0.500. The Hall–Kier alpha value is -1.75. The van der Waals surface area contributed by atoms with Gasteiger partial charge in [-0.05, 0) is 37.0 Å². The number of rotatable bonds is 4. The maximum Gasteiger partial charge on any atom is 0.337 e. The van der Waals surface area contributed by atoms with Gasteiger partial charge in [0.05, 0.1) is 24.0 Å². The third kappa shape index (κ3) is 3.61. The first-order chi connectivity index (χ1) is 9.20. The van der Waals surface area contributed by atoms with Gasteiger partial charge in [-0.3, -0.25) is 0 Å². The summed E-state index contributed by atoms with van der Waals surface area (Å²) in [6, 6.07) is 5.12. The highest BCUT2D eigenvalue weighted by molar-refractivity contribution is 5.91. The molecule has 1 saturated heterocycles. The predicted molar refractivity (Wildman–Crippen MR) is 74.2 cm³/mol. The van der Waals surface area contributed by atoms with Gasteiger partial charge in [-0.15, -0.1) is 0 Å². The molecule has 3 N–H and O–H groups in total. The van der Waals surface area contributed by atoms with Crippen molar-refractivity contribution in [2.24, 2.45) is 5.92 Å². The van der Waals surface area contributed by atoms with Crippen LogP contribution in [0.15, 0.2) is 18.2 Å². The van der Waals surface area contributed by atoms with Gasteiger partial charge in [-0.1, -0.05) is 0 Å². The Morgan fingerprint density at radius 1 is 1.47 bits per heavy atom. The van der Waals surface area contributed by atoms with Crippen LogP contribution in [0.5, 0.6) is 0 Å². The molecule has 19 heavy (non-hydrogen) atoms. The number of esters is 1. The van der Waals surface area contributed by atoms with Crippen LogP contribution in [-0.4, -0.2) is 32.8 Å². The Kier molecular flexibility index (Phi) is 4.63. The maximum absolute atomic E-state index is 11.5. The number of methoxy groups -OCH3 is 1. The van der Waals surface area contributed by atoms with Crippen molar-refractivity contribution in [2.75, 3.05) is 37.9 Å². The molecule has 0 bridgehead atoms. The fourth-order valence-electron chi connectivity index (χ4n) is 2.16. The van der Waals surface area contributed by atoms with Gasteiger partial charge < -0.3 is 20.5 Å². The number of nitrogens with two attached hydrogens (primary N) is 1. The number of nitrogens with one attached hydrogen (secondary N) is 1. The summed E-state index contributed by atoms with van der Waals surface area (Å²) < 4.78 is 10.0. The van der Waals surface area contributed by atoms with Gasteiger partial charge in [0, 0.05) is 19.8 Å². The van der Waals surface area contributed by atoms with Gasteiger partial charge in [0.25, 0.3) is 0 Å². The number of hydrogen-bond donors (Lipinski definition) is 2. The second-order valence-electron chi connectivity index (χ2n) is 4.73. The van der Waals surface area contributed by atoms with Gasteiger partial charge in [-0.25, -0.2) is 4.79 Å². The second-order valence-corrected chi connectivity index (χ2v) is 4.73. The summed E-state index contributed by atoms with van der Waals surface area (Å²) in [7, 11) is 1.37. The lowest BCUT2D eigenvalue weighted by Gasteiger charge is -2.23. The summed E-state index contributed by atoms with van der Waals surface area (Å²) in [6.45, 7) is 2.49. The van der Waals surface area contributed by atoms with Gasteiger partial charge in [0.2, 0.25) is 0 Å². The molecule has 0 radical (unpaired) electrons. The number of hydrogen-bond acceptors (Lipinski definition) is 5. The van der Waals surface area contributed by atoms with Crippen LogP contribution in [0.1, 0.15) is 23.2 Å². The van der Waals surface area contributed by atoms with Crippen LogP contribution in [-0.2, 0) is 9.47 Å². The van der Waals surface area contributed by atoms with E-state index in [2.05, 4.69) is 5.32 Å². The lowest BCUT2D eigenvalue weighted by molar-refractivity contribution is 0.0601. The van der Waals surface area contributed by atoms with E-state index in [0.717, 1.165) is 38.3 Å². The fourth-order valence-corrected chi connectivity index (χ4v) is 2.16. The zero-order valence-electron chi connectivity index (χ0n) is 11.1. The van der Waals surface area contributed by atoms with Crippen molar-refractivity contribution in [3.63, 3.8) is 0 Å². The zero-order chi connectivity index (χ0) is 13.7. The molecule has 0 aromatic heterocycles. The highest BCUT2D eigenvalue weighted by atomic mass is 16.5. The van der Waals surface area contributed by atoms with Gasteiger partial charge in [0.15, 0.2) is 0 Å². The molecular formula is C14H20N2O3. The van der Waals surface area contributed by atoms with E-state index in [1.165, 1.54) is 7.11 Å². The molecule has 0 saturated carbocycles. The van der Waals surface area contributed by atoms with E-state index < -0.39 is 0 Å². The molecule has 1 aliphatic rings. The van der Waals surface area contributed by atoms with Crippen molar-refractivity contribution < 1.29 is 14.3 Å². The van der Waals surface area contributed by atoms with E-state index >= 15 is 0 Å². The van der Waals surface area contributed by atoms with Crippen molar-refractivity contribution in [1.82, 2.24) is 0 Å². The van der Waals surface area contributed by atoms with E-state index in [1.807, 2.05) is 0 Å². The normalized spacial score (nSPS) is 16.1. The van der Waals surface area contributed by atoms with Crippen LogP contribution in [0, 0.1) is 5.92 Å². The molecule has 1 aliphatic heterocycles. The molecule has 2 rings (SSSR count). The summed E-state index contributed by atoms with van der Waals surface area (Å²) in [5.74, 6) is 0.240. The van der Waals surface area contributed by atoms with Crippen LogP contribution in [0.2, 0.25) is 0 Å². The second kappa shape index (κ2) is 6.43. The molecule has 1 aromatic carbocycles. The molecule has 1 fully saturated rings. The van der Waals surface area contributed by atoms with E-state index in [4.69, 9.17) is 15.2 Å². The summed E-state index contributed by atoms with van der Waals surface area (Å²) in [5, 5.41) is 3.31. The minimum atomic E-state index is -0.353. The number of nitrogen functional groups attached to an aromatic ring is 1. The van der Waals surface area contributed by atoms with E-state index in [0.29, 0.717) is 17.2 Å². The number of benzene rings is 1. The largest absolute Gasteiger partial charge is 0.465 e. The summed E-state index contributed by atoms with van der Waals surface area (Å²) in [5.41, 5.74) is 7.84. The molecule has 5 nitrogen and oxygen atoms in total. The van der Waals surface area contributed by atoms with Crippen LogP contribution >= 0.6 is 0 Å². The Morgan fingerprint density at radius 3 is 2.89 bits per heavy atom. The molecule has 5 heteroatoms. The highest BCUT2D eigenvalue weighted by Gasteiger charge is 2.14. The van der Waals surface area contributed by atoms with Crippen molar-refractivity contribution >= 4 is 17.3 Å². The van der Waals surface area contributed by atoms with Crippen molar-refractivity contribution in [3.8, 4) is 0 Å². The molecular weight excluding hydrogens is 244 g/mol. The Labute approximate surface area is 113 Å². The third-order valence-electron chi connectivity index (χ3n) is 3.40. The number of carbonyl (C=O) groups excluding carboxylic acids is 1. The molecule has 0 aliphatic carbocycles. The first-order valence-corrected chi connectivity index (χ1v) is 6.50. The average molecular weight is 264 g/mol.